The van der Waals surface area contributed by atoms with Gasteiger partial charge >= 0.3 is 0 Å². The Balaban J connectivity index is 2.28. The number of hydrogen-bond donors (Lipinski definition) is 2. The predicted octanol–water partition coefficient (Wildman–Crippen LogP) is 1.53. The molecule has 1 fully saturated rings. The molecule has 2 N–H and O–H groups in total. The van der Waals surface area contributed by atoms with Crippen molar-refractivity contribution in [3.63, 3.8) is 0 Å². The SMILES string of the molecule is CCc1cc(C(=O)N2CCC(C)C2CO)cc(NC)n1. The number of carbonyl (C=O) groups excluding carboxylic acids is 1. The number of aliphatic hydroxyl groups is 1. The molecule has 0 aromatic carbocycles. The molecule has 0 spiro atoms. The summed E-state index contributed by atoms with van der Waals surface area (Å²) in [5, 5.41) is 12.5. The van der Waals surface area contributed by atoms with E-state index in [1.807, 2.05) is 13.0 Å². The van der Waals surface area contributed by atoms with Gasteiger partial charge in [0.2, 0.25) is 0 Å². The molecule has 0 aliphatic carbocycles. The molecule has 2 unspecified atom stereocenters. The molecular weight excluding hydrogens is 254 g/mol. The summed E-state index contributed by atoms with van der Waals surface area (Å²) in [7, 11) is 1.80. The Bertz CT molecular complexity index is 468. The minimum Gasteiger partial charge on any atom is -0.394 e. The molecule has 1 aromatic heterocycles. The monoisotopic (exact) mass is 277 g/mol. The Kier molecular flexibility index (Phi) is 4.60. The van der Waals surface area contributed by atoms with Gasteiger partial charge in [0.05, 0.1) is 12.6 Å². The van der Waals surface area contributed by atoms with E-state index in [9.17, 15) is 9.90 Å². The summed E-state index contributed by atoms with van der Waals surface area (Å²) in [6.07, 6.45) is 1.73. The van der Waals surface area contributed by atoms with Gasteiger partial charge in [0.1, 0.15) is 5.82 Å². The van der Waals surface area contributed by atoms with Crippen molar-refractivity contribution in [3.05, 3.63) is 23.4 Å². The molecule has 1 aliphatic heterocycles. The third kappa shape index (κ3) is 2.77. The first-order chi connectivity index (χ1) is 9.60. The second-order valence-corrected chi connectivity index (χ2v) is 5.35. The number of nitrogens with zero attached hydrogens (tertiary/aromatic N) is 2. The quantitative estimate of drug-likeness (QED) is 0.876. The van der Waals surface area contributed by atoms with Gasteiger partial charge in [-0.3, -0.25) is 4.79 Å². The molecule has 0 saturated carbocycles. The first-order valence-corrected chi connectivity index (χ1v) is 7.21. The van der Waals surface area contributed by atoms with Crippen LogP contribution in [0.2, 0.25) is 0 Å². The summed E-state index contributed by atoms with van der Waals surface area (Å²) >= 11 is 0. The number of aromatic nitrogens is 1. The highest BCUT2D eigenvalue weighted by molar-refractivity contribution is 5.95. The smallest absolute Gasteiger partial charge is 0.254 e. The van der Waals surface area contributed by atoms with E-state index in [0.29, 0.717) is 23.8 Å². The van der Waals surface area contributed by atoms with Gasteiger partial charge in [0.15, 0.2) is 0 Å². The third-order valence-electron chi connectivity index (χ3n) is 4.07. The maximum absolute atomic E-state index is 12.7. The van der Waals surface area contributed by atoms with Crippen molar-refractivity contribution >= 4 is 11.7 Å². The number of anilines is 1. The Morgan fingerprint density at radius 2 is 2.30 bits per heavy atom. The molecule has 5 heteroatoms. The number of pyridine rings is 1. The van der Waals surface area contributed by atoms with Crippen LogP contribution < -0.4 is 5.32 Å². The molecule has 1 aliphatic rings. The summed E-state index contributed by atoms with van der Waals surface area (Å²) in [4.78, 5) is 18.9. The number of carbonyl (C=O) groups is 1. The van der Waals surface area contributed by atoms with Crippen LogP contribution in [0.15, 0.2) is 12.1 Å². The summed E-state index contributed by atoms with van der Waals surface area (Å²) in [6.45, 7) is 4.84. The molecule has 5 nitrogen and oxygen atoms in total. The number of likely N-dealkylation sites (tertiary alicyclic amines) is 1. The van der Waals surface area contributed by atoms with Gasteiger partial charge in [-0.05, 0) is 30.9 Å². The fraction of sp³-hybridized carbons (Fsp3) is 0.600. The zero-order valence-electron chi connectivity index (χ0n) is 12.4. The zero-order chi connectivity index (χ0) is 14.7. The van der Waals surface area contributed by atoms with Crippen LogP contribution in [0.25, 0.3) is 0 Å². The van der Waals surface area contributed by atoms with E-state index < -0.39 is 0 Å². The zero-order valence-corrected chi connectivity index (χ0v) is 12.4. The van der Waals surface area contributed by atoms with Crippen LogP contribution in [-0.2, 0) is 6.42 Å². The van der Waals surface area contributed by atoms with E-state index >= 15 is 0 Å². The second kappa shape index (κ2) is 6.22. The molecule has 2 atom stereocenters. The maximum Gasteiger partial charge on any atom is 0.254 e. The summed E-state index contributed by atoms with van der Waals surface area (Å²) in [6, 6.07) is 3.55. The van der Waals surface area contributed by atoms with Crippen molar-refractivity contribution < 1.29 is 9.90 Å². The molecule has 2 heterocycles. The number of aryl methyl sites for hydroxylation is 1. The van der Waals surface area contributed by atoms with E-state index in [1.54, 1.807) is 18.0 Å². The number of nitrogens with one attached hydrogen (secondary N) is 1. The fourth-order valence-electron chi connectivity index (χ4n) is 2.72. The lowest BCUT2D eigenvalue weighted by Gasteiger charge is -2.25. The van der Waals surface area contributed by atoms with Crippen LogP contribution in [0.3, 0.4) is 0 Å². The van der Waals surface area contributed by atoms with E-state index in [4.69, 9.17) is 0 Å². The van der Waals surface area contributed by atoms with Crippen molar-refractivity contribution in [2.24, 2.45) is 5.92 Å². The lowest BCUT2D eigenvalue weighted by molar-refractivity contribution is 0.0648. The largest absolute Gasteiger partial charge is 0.394 e. The first kappa shape index (κ1) is 14.8. The first-order valence-electron chi connectivity index (χ1n) is 7.21. The van der Waals surface area contributed by atoms with Crippen LogP contribution in [0.4, 0.5) is 5.82 Å². The van der Waals surface area contributed by atoms with Crippen molar-refractivity contribution in [1.82, 2.24) is 9.88 Å². The standard InChI is InChI=1S/C15H23N3O2/c1-4-12-7-11(8-14(16-3)17-12)15(20)18-6-5-10(2)13(18)9-19/h7-8,10,13,19H,4-6,9H2,1-3H3,(H,16,17). The van der Waals surface area contributed by atoms with E-state index in [0.717, 1.165) is 18.5 Å². The van der Waals surface area contributed by atoms with Gasteiger partial charge in [0.25, 0.3) is 5.91 Å². The molecule has 0 radical (unpaired) electrons. The number of aliphatic hydroxyl groups excluding tert-OH is 1. The van der Waals surface area contributed by atoms with Gasteiger partial charge in [-0.25, -0.2) is 4.98 Å². The van der Waals surface area contributed by atoms with Crippen molar-refractivity contribution in [1.29, 1.82) is 0 Å². The third-order valence-corrected chi connectivity index (χ3v) is 4.07. The molecule has 110 valence electrons. The normalized spacial score (nSPS) is 22.1. The van der Waals surface area contributed by atoms with E-state index in [2.05, 4.69) is 17.2 Å². The number of hydrogen-bond acceptors (Lipinski definition) is 4. The van der Waals surface area contributed by atoms with E-state index in [1.165, 1.54) is 0 Å². The second-order valence-electron chi connectivity index (χ2n) is 5.35. The Labute approximate surface area is 120 Å². The van der Waals surface area contributed by atoms with E-state index in [-0.39, 0.29) is 18.6 Å². The number of rotatable bonds is 4. The molecule has 1 amide bonds. The highest BCUT2D eigenvalue weighted by Crippen LogP contribution is 2.26. The van der Waals surface area contributed by atoms with Crippen LogP contribution >= 0.6 is 0 Å². The maximum atomic E-state index is 12.7. The van der Waals surface area contributed by atoms with Gasteiger partial charge < -0.3 is 15.3 Å². The van der Waals surface area contributed by atoms with Crippen LogP contribution in [-0.4, -0.2) is 47.1 Å². The van der Waals surface area contributed by atoms with Crippen LogP contribution in [0.5, 0.6) is 0 Å². The van der Waals surface area contributed by atoms with Crippen LogP contribution in [0.1, 0.15) is 36.3 Å². The molecule has 1 aromatic rings. The van der Waals surface area contributed by atoms with Gasteiger partial charge in [-0.15, -0.1) is 0 Å². The molecule has 2 rings (SSSR count). The van der Waals surface area contributed by atoms with Gasteiger partial charge in [-0.1, -0.05) is 13.8 Å². The Hall–Kier alpha value is -1.62. The van der Waals surface area contributed by atoms with Gasteiger partial charge in [0, 0.05) is 24.8 Å². The predicted molar refractivity (Wildman–Crippen MR) is 78.9 cm³/mol. The highest BCUT2D eigenvalue weighted by Gasteiger charge is 2.34. The molecule has 1 saturated heterocycles. The summed E-state index contributed by atoms with van der Waals surface area (Å²) in [5.41, 5.74) is 1.54. The minimum atomic E-state index is -0.0706. The average molecular weight is 277 g/mol. The van der Waals surface area contributed by atoms with Crippen molar-refractivity contribution in [2.45, 2.75) is 32.7 Å². The van der Waals surface area contributed by atoms with Gasteiger partial charge in [-0.2, -0.15) is 0 Å². The van der Waals surface area contributed by atoms with Crippen LogP contribution in [0, 0.1) is 5.92 Å². The van der Waals surface area contributed by atoms with Crippen molar-refractivity contribution in [2.75, 3.05) is 25.5 Å². The molecular formula is C15H23N3O2. The lowest BCUT2D eigenvalue weighted by Crippen LogP contribution is -2.39. The lowest BCUT2D eigenvalue weighted by atomic mass is 10.0. The fourth-order valence-corrected chi connectivity index (χ4v) is 2.72. The highest BCUT2D eigenvalue weighted by atomic mass is 16.3. The Morgan fingerprint density at radius 1 is 1.55 bits per heavy atom. The molecule has 0 bridgehead atoms. The summed E-state index contributed by atoms with van der Waals surface area (Å²) in [5.74, 6) is 1.04. The van der Waals surface area contributed by atoms with Crippen molar-refractivity contribution in [3.8, 4) is 0 Å². The topological polar surface area (TPSA) is 65.5 Å². The molecule has 20 heavy (non-hydrogen) atoms. The minimum absolute atomic E-state index is 0.0120. The summed E-state index contributed by atoms with van der Waals surface area (Å²) < 4.78 is 0. The Morgan fingerprint density at radius 3 is 2.90 bits per heavy atom. The average Bonchev–Trinajstić information content (AvgIpc) is 2.86. The number of amides is 1.